The summed E-state index contributed by atoms with van der Waals surface area (Å²) in [6.07, 6.45) is 12.8. The lowest BCUT2D eigenvalue weighted by atomic mass is 9.95. The summed E-state index contributed by atoms with van der Waals surface area (Å²) in [7, 11) is 0. The van der Waals surface area contributed by atoms with E-state index in [0.717, 1.165) is 37.7 Å². The minimum atomic E-state index is -0.319. The predicted octanol–water partition coefficient (Wildman–Crippen LogP) is 3.49. The van der Waals surface area contributed by atoms with Crippen LogP contribution in [0.5, 0.6) is 0 Å². The van der Waals surface area contributed by atoms with Gasteiger partial charge in [0, 0.05) is 17.7 Å². The van der Waals surface area contributed by atoms with E-state index in [1.165, 1.54) is 6.08 Å². The summed E-state index contributed by atoms with van der Waals surface area (Å²) in [5, 5.41) is 2.95. The van der Waals surface area contributed by atoms with Crippen molar-refractivity contribution in [2.45, 2.75) is 38.1 Å². The fourth-order valence-corrected chi connectivity index (χ4v) is 2.66. The molecule has 0 heterocycles. The molecule has 126 valence electrons. The number of hydrogen-bond acceptors (Lipinski definition) is 3. The maximum atomic E-state index is 11.9. The Hall–Kier alpha value is -2.36. The van der Waals surface area contributed by atoms with Crippen LogP contribution in [0, 0.1) is 5.92 Å². The fourth-order valence-electron chi connectivity index (χ4n) is 2.66. The van der Waals surface area contributed by atoms with Gasteiger partial charge < -0.3 is 10.1 Å². The molecule has 2 aliphatic rings. The monoisotopic (exact) mass is 325 g/mol. The highest BCUT2D eigenvalue weighted by Crippen LogP contribution is 2.20. The lowest BCUT2D eigenvalue weighted by Gasteiger charge is -2.16. The normalized spacial score (nSPS) is 20.1. The van der Waals surface area contributed by atoms with Crippen molar-refractivity contribution in [1.29, 1.82) is 0 Å². The SMILES string of the molecule is O=C(C=Cc1ccc(C(=O)NC2CC2)cc1)OCC1CC=CCC1. The summed E-state index contributed by atoms with van der Waals surface area (Å²) in [6, 6.07) is 7.56. The van der Waals surface area contributed by atoms with E-state index in [2.05, 4.69) is 17.5 Å². The second-order valence-electron chi connectivity index (χ2n) is 6.48. The molecule has 0 saturated heterocycles. The Kier molecular flexibility index (Phi) is 5.47. The molecule has 1 aromatic carbocycles. The highest BCUT2D eigenvalue weighted by atomic mass is 16.5. The number of hydrogen-bond donors (Lipinski definition) is 1. The van der Waals surface area contributed by atoms with Crippen LogP contribution in [0.3, 0.4) is 0 Å². The van der Waals surface area contributed by atoms with Crippen LogP contribution in [0.2, 0.25) is 0 Å². The van der Waals surface area contributed by atoms with Crippen molar-refractivity contribution in [3.05, 3.63) is 53.6 Å². The number of allylic oxidation sites excluding steroid dienone is 2. The van der Waals surface area contributed by atoms with E-state index in [4.69, 9.17) is 4.74 Å². The number of esters is 1. The molecule has 0 aliphatic heterocycles. The summed E-state index contributed by atoms with van der Waals surface area (Å²) in [5.74, 6) is 0.0886. The standard InChI is InChI=1S/C20H23NO3/c22-19(24-14-16-4-2-1-3-5-16)13-8-15-6-9-17(10-7-15)20(23)21-18-11-12-18/h1-2,6-10,13,16,18H,3-5,11-12,14H2,(H,21,23). The number of rotatable bonds is 6. The third-order valence-electron chi connectivity index (χ3n) is 4.34. The third kappa shape index (κ3) is 5.08. The largest absolute Gasteiger partial charge is 0.462 e. The van der Waals surface area contributed by atoms with Crippen LogP contribution >= 0.6 is 0 Å². The molecule has 1 unspecified atom stereocenters. The van der Waals surface area contributed by atoms with Crippen molar-refractivity contribution in [2.24, 2.45) is 5.92 Å². The van der Waals surface area contributed by atoms with Crippen molar-refractivity contribution in [3.8, 4) is 0 Å². The summed E-state index contributed by atoms with van der Waals surface area (Å²) in [4.78, 5) is 23.7. The zero-order chi connectivity index (χ0) is 16.8. The van der Waals surface area contributed by atoms with E-state index in [-0.39, 0.29) is 11.9 Å². The van der Waals surface area contributed by atoms with Gasteiger partial charge in [-0.3, -0.25) is 4.79 Å². The van der Waals surface area contributed by atoms with Gasteiger partial charge in [0.2, 0.25) is 0 Å². The van der Waals surface area contributed by atoms with Gasteiger partial charge in [0.25, 0.3) is 5.91 Å². The van der Waals surface area contributed by atoms with Gasteiger partial charge in [-0.1, -0.05) is 24.3 Å². The Morgan fingerprint density at radius 3 is 2.58 bits per heavy atom. The van der Waals surface area contributed by atoms with E-state index in [1.54, 1.807) is 18.2 Å². The number of benzene rings is 1. The molecule has 1 N–H and O–H groups in total. The van der Waals surface area contributed by atoms with Crippen LogP contribution in [-0.4, -0.2) is 24.5 Å². The molecule has 0 spiro atoms. The number of carbonyl (C=O) groups excluding carboxylic acids is 2. The van der Waals surface area contributed by atoms with Crippen molar-refractivity contribution in [2.75, 3.05) is 6.61 Å². The second-order valence-corrected chi connectivity index (χ2v) is 6.48. The molecule has 3 rings (SSSR count). The second kappa shape index (κ2) is 7.95. The first kappa shape index (κ1) is 16.5. The van der Waals surface area contributed by atoms with Crippen LogP contribution < -0.4 is 5.32 Å². The first-order valence-electron chi connectivity index (χ1n) is 8.61. The Bertz CT molecular complexity index is 641. The molecule has 0 radical (unpaired) electrons. The summed E-state index contributed by atoms with van der Waals surface area (Å²) in [5.41, 5.74) is 1.52. The van der Waals surface area contributed by atoms with Gasteiger partial charge in [-0.25, -0.2) is 4.79 Å². The van der Waals surface area contributed by atoms with Crippen LogP contribution in [0.4, 0.5) is 0 Å². The van der Waals surface area contributed by atoms with Gasteiger partial charge in [-0.2, -0.15) is 0 Å². The van der Waals surface area contributed by atoms with Crippen LogP contribution in [0.25, 0.3) is 6.08 Å². The van der Waals surface area contributed by atoms with Gasteiger partial charge in [0.1, 0.15) is 0 Å². The highest BCUT2D eigenvalue weighted by Gasteiger charge is 2.23. The summed E-state index contributed by atoms with van der Waals surface area (Å²) >= 11 is 0. The Labute approximate surface area is 142 Å². The lowest BCUT2D eigenvalue weighted by Crippen LogP contribution is -2.25. The molecule has 4 heteroatoms. The topological polar surface area (TPSA) is 55.4 Å². The fraction of sp³-hybridized carbons (Fsp3) is 0.400. The van der Waals surface area contributed by atoms with Crippen molar-refractivity contribution in [1.82, 2.24) is 5.32 Å². The van der Waals surface area contributed by atoms with Gasteiger partial charge in [0.05, 0.1) is 6.61 Å². The molecule has 2 aliphatic carbocycles. The molecule has 1 atom stereocenters. The Morgan fingerprint density at radius 1 is 1.12 bits per heavy atom. The van der Waals surface area contributed by atoms with E-state index >= 15 is 0 Å². The highest BCUT2D eigenvalue weighted by molar-refractivity contribution is 5.95. The maximum absolute atomic E-state index is 11.9. The number of nitrogens with one attached hydrogen (secondary N) is 1. The Balaban J connectivity index is 1.45. The van der Waals surface area contributed by atoms with Crippen molar-refractivity contribution >= 4 is 18.0 Å². The maximum Gasteiger partial charge on any atom is 0.330 e. The molecule has 0 aromatic heterocycles. The average Bonchev–Trinajstić information content (AvgIpc) is 3.43. The van der Waals surface area contributed by atoms with E-state index in [0.29, 0.717) is 24.1 Å². The van der Waals surface area contributed by atoms with E-state index in [1.807, 2.05) is 12.1 Å². The minimum absolute atomic E-state index is 0.0334. The predicted molar refractivity (Wildman–Crippen MR) is 93.4 cm³/mol. The first-order valence-corrected chi connectivity index (χ1v) is 8.61. The van der Waals surface area contributed by atoms with Crippen LogP contribution in [0.1, 0.15) is 48.0 Å². The zero-order valence-corrected chi connectivity index (χ0v) is 13.7. The first-order chi connectivity index (χ1) is 11.7. The van der Waals surface area contributed by atoms with Gasteiger partial charge >= 0.3 is 5.97 Å². The number of carbonyl (C=O) groups is 2. The zero-order valence-electron chi connectivity index (χ0n) is 13.7. The van der Waals surface area contributed by atoms with Gasteiger partial charge in [0.15, 0.2) is 0 Å². The molecule has 24 heavy (non-hydrogen) atoms. The molecule has 1 saturated carbocycles. The quantitative estimate of drug-likeness (QED) is 0.495. The molecular formula is C20H23NO3. The number of amides is 1. The molecule has 0 bridgehead atoms. The minimum Gasteiger partial charge on any atom is -0.462 e. The summed E-state index contributed by atoms with van der Waals surface area (Å²) in [6.45, 7) is 0.480. The third-order valence-corrected chi connectivity index (χ3v) is 4.34. The lowest BCUT2D eigenvalue weighted by molar-refractivity contribution is -0.139. The molecule has 1 fully saturated rings. The molecule has 4 nitrogen and oxygen atoms in total. The summed E-state index contributed by atoms with van der Waals surface area (Å²) < 4.78 is 5.29. The smallest absolute Gasteiger partial charge is 0.330 e. The van der Waals surface area contributed by atoms with Crippen LogP contribution in [-0.2, 0) is 9.53 Å². The molecular weight excluding hydrogens is 302 g/mol. The molecule has 1 amide bonds. The van der Waals surface area contributed by atoms with E-state index in [9.17, 15) is 9.59 Å². The van der Waals surface area contributed by atoms with Crippen molar-refractivity contribution in [3.63, 3.8) is 0 Å². The van der Waals surface area contributed by atoms with Gasteiger partial charge in [-0.15, -0.1) is 0 Å². The van der Waals surface area contributed by atoms with E-state index < -0.39 is 0 Å². The Morgan fingerprint density at radius 2 is 1.92 bits per heavy atom. The average molecular weight is 325 g/mol. The van der Waals surface area contributed by atoms with Crippen molar-refractivity contribution < 1.29 is 14.3 Å². The van der Waals surface area contributed by atoms with Gasteiger partial charge in [-0.05, 0) is 61.8 Å². The molecule has 1 aromatic rings. The number of ether oxygens (including phenoxy) is 1. The van der Waals surface area contributed by atoms with Crippen LogP contribution in [0.15, 0.2) is 42.5 Å².